The number of pyridine rings is 1. The van der Waals surface area contributed by atoms with Crippen molar-refractivity contribution < 1.29 is 9.21 Å². The number of carbonyl (C=O) groups excluding carboxylic acids is 1. The zero-order chi connectivity index (χ0) is 18.5. The number of hydrazone groups is 1. The minimum absolute atomic E-state index is 0.00855. The van der Waals surface area contributed by atoms with E-state index in [1.165, 1.54) is 16.8 Å². The fourth-order valence-electron chi connectivity index (χ4n) is 2.36. The molecular weight excluding hydrogens is 354 g/mol. The van der Waals surface area contributed by atoms with Gasteiger partial charge < -0.3 is 8.98 Å². The number of benzene rings is 1. The van der Waals surface area contributed by atoms with E-state index in [1.54, 1.807) is 36.5 Å². The van der Waals surface area contributed by atoms with Gasteiger partial charge in [-0.05, 0) is 48.9 Å². The van der Waals surface area contributed by atoms with Crippen LogP contribution in [0.4, 0.5) is 0 Å². The van der Waals surface area contributed by atoms with Crippen LogP contribution in [-0.4, -0.2) is 16.7 Å². The summed E-state index contributed by atoms with van der Waals surface area (Å²) in [5, 5.41) is 4.44. The molecule has 0 bridgehead atoms. The van der Waals surface area contributed by atoms with Crippen LogP contribution >= 0.6 is 11.6 Å². The number of hydrogen-bond donors (Lipinski definition) is 1. The highest BCUT2D eigenvalue weighted by Gasteiger charge is 2.11. The molecule has 0 fully saturated rings. The van der Waals surface area contributed by atoms with E-state index in [4.69, 9.17) is 16.0 Å². The first-order valence-electron chi connectivity index (χ1n) is 7.86. The molecule has 1 amide bonds. The predicted molar refractivity (Wildman–Crippen MR) is 99.8 cm³/mol. The monoisotopic (exact) mass is 369 g/mol. The number of rotatable bonds is 5. The molecule has 0 aliphatic rings. The Bertz CT molecular complexity index is 1000. The van der Waals surface area contributed by atoms with Crippen molar-refractivity contribution >= 4 is 23.7 Å². The third kappa shape index (κ3) is 4.29. The number of aryl methyl sites for hydroxylation is 1. The second-order valence-corrected chi connectivity index (χ2v) is 6.07. The van der Waals surface area contributed by atoms with E-state index in [9.17, 15) is 9.59 Å². The van der Waals surface area contributed by atoms with Crippen molar-refractivity contribution in [2.45, 2.75) is 13.5 Å². The molecule has 7 heteroatoms. The Kier molecular flexibility index (Phi) is 5.34. The van der Waals surface area contributed by atoms with E-state index in [1.807, 2.05) is 19.1 Å². The molecule has 0 radical (unpaired) electrons. The van der Waals surface area contributed by atoms with Crippen molar-refractivity contribution in [1.29, 1.82) is 0 Å². The summed E-state index contributed by atoms with van der Waals surface area (Å²) in [6.07, 6.45) is 3.00. The Morgan fingerprint density at radius 1 is 1.23 bits per heavy atom. The normalized spacial score (nSPS) is 11.0. The largest absolute Gasteiger partial charge is 0.460 e. The smallest absolute Gasteiger partial charge is 0.276 e. The van der Waals surface area contributed by atoms with Gasteiger partial charge in [-0.15, -0.1) is 0 Å². The number of amides is 1. The van der Waals surface area contributed by atoms with Crippen molar-refractivity contribution in [1.82, 2.24) is 9.99 Å². The van der Waals surface area contributed by atoms with Crippen LogP contribution in [-0.2, 0) is 6.54 Å². The lowest BCUT2D eigenvalue weighted by molar-refractivity contribution is 0.0953. The van der Waals surface area contributed by atoms with E-state index < -0.39 is 11.5 Å². The first-order valence-corrected chi connectivity index (χ1v) is 8.24. The molecule has 132 valence electrons. The minimum Gasteiger partial charge on any atom is -0.460 e. The Hall–Kier alpha value is -3.12. The van der Waals surface area contributed by atoms with Gasteiger partial charge in [0.2, 0.25) is 0 Å². The molecule has 6 nitrogen and oxygen atoms in total. The van der Waals surface area contributed by atoms with Crippen LogP contribution < -0.4 is 11.0 Å². The number of nitrogens with zero attached hydrogens (tertiary/aromatic N) is 2. The molecule has 3 rings (SSSR count). The predicted octanol–water partition coefficient (Wildman–Crippen LogP) is 3.22. The average Bonchev–Trinajstić information content (AvgIpc) is 3.04. The minimum atomic E-state index is -0.583. The quantitative estimate of drug-likeness (QED) is 0.554. The second kappa shape index (κ2) is 7.84. The molecule has 0 saturated carbocycles. The fraction of sp³-hybridized carbons (Fsp3) is 0.105. The van der Waals surface area contributed by atoms with Gasteiger partial charge in [0.1, 0.15) is 17.1 Å². The van der Waals surface area contributed by atoms with Crippen LogP contribution in [0.1, 0.15) is 27.4 Å². The molecule has 1 N–H and O–H groups in total. The Morgan fingerprint density at radius 2 is 2.00 bits per heavy atom. The van der Waals surface area contributed by atoms with Crippen LogP contribution in [0.3, 0.4) is 0 Å². The maximum Gasteiger partial charge on any atom is 0.276 e. The van der Waals surface area contributed by atoms with E-state index in [2.05, 4.69) is 10.5 Å². The maximum absolute atomic E-state index is 12.5. The van der Waals surface area contributed by atoms with Gasteiger partial charge in [0.15, 0.2) is 0 Å². The van der Waals surface area contributed by atoms with Gasteiger partial charge in [-0.25, -0.2) is 5.43 Å². The number of aromatic nitrogens is 1. The van der Waals surface area contributed by atoms with E-state index in [0.717, 1.165) is 11.3 Å². The molecule has 0 saturated heterocycles. The number of furan rings is 1. The van der Waals surface area contributed by atoms with Crippen molar-refractivity contribution in [3.8, 4) is 0 Å². The molecule has 2 aromatic heterocycles. The maximum atomic E-state index is 12.5. The standard InChI is InChI=1S/C19H16ClN3O3/c1-13-4-9-16(26-13)11-21-22-18(24)17-3-2-10-23(19(17)25)12-14-5-7-15(20)8-6-14/h2-11H,12H2,1H3,(H,22,24)/b21-11-. The van der Waals surface area contributed by atoms with Gasteiger partial charge in [-0.3, -0.25) is 9.59 Å². The van der Waals surface area contributed by atoms with Crippen LogP contribution in [0.5, 0.6) is 0 Å². The van der Waals surface area contributed by atoms with Gasteiger partial charge in [-0.2, -0.15) is 5.10 Å². The molecule has 2 heterocycles. The summed E-state index contributed by atoms with van der Waals surface area (Å²) in [5.41, 5.74) is 2.85. The SMILES string of the molecule is Cc1ccc(/C=N\NC(=O)c2cccn(Cc3ccc(Cl)cc3)c2=O)o1. The second-order valence-electron chi connectivity index (χ2n) is 5.63. The van der Waals surface area contributed by atoms with Crippen molar-refractivity contribution in [3.05, 3.63) is 92.8 Å². The lowest BCUT2D eigenvalue weighted by Gasteiger charge is -2.07. The highest BCUT2D eigenvalue weighted by molar-refractivity contribution is 6.30. The highest BCUT2D eigenvalue weighted by Crippen LogP contribution is 2.10. The first kappa shape index (κ1) is 17.7. The van der Waals surface area contributed by atoms with Crippen LogP contribution in [0, 0.1) is 6.92 Å². The topological polar surface area (TPSA) is 76.6 Å². The number of carbonyl (C=O) groups is 1. The lowest BCUT2D eigenvalue weighted by atomic mass is 10.2. The Morgan fingerprint density at radius 3 is 2.69 bits per heavy atom. The zero-order valence-electron chi connectivity index (χ0n) is 14.0. The van der Waals surface area contributed by atoms with Crippen molar-refractivity contribution in [2.24, 2.45) is 5.10 Å². The van der Waals surface area contributed by atoms with E-state index in [0.29, 0.717) is 17.3 Å². The summed E-state index contributed by atoms with van der Waals surface area (Å²) in [7, 11) is 0. The highest BCUT2D eigenvalue weighted by atomic mass is 35.5. The van der Waals surface area contributed by atoms with E-state index in [-0.39, 0.29) is 5.56 Å². The molecule has 0 aliphatic heterocycles. The van der Waals surface area contributed by atoms with Gasteiger partial charge in [0.25, 0.3) is 11.5 Å². The molecule has 26 heavy (non-hydrogen) atoms. The van der Waals surface area contributed by atoms with Crippen LogP contribution in [0.2, 0.25) is 5.02 Å². The van der Waals surface area contributed by atoms with Crippen molar-refractivity contribution in [2.75, 3.05) is 0 Å². The molecule has 0 spiro atoms. The summed E-state index contributed by atoms with van der Waals surface area (Å²) in [6, 6.07) is 13.8. The molecule has 1 aromatic carbocycles. The van der Waals surface area contributed by atoms with Gasteiger partial charge in [0, 0.05) is 11.2 Å². The third-order valence-corrected chi connectivity index (χ3v) is 3.90. The summed E-state index contributed by atoms with van der Waals surface area (Å²) < 4.78 is 6.77. The molecule has 0 aliphatic carbocycles. The molecule has 3 aromatic rings. The number of hydrogen-bond acceptors (Lipinski definition) is 4. The summed E-state index contributed by atoms with van der Waals surface area (Å²) in [4.78, 5) is 24.7. The zero-order valence-corrected chi connectivity index (χ0v) is 14.7. The average molecular weight is 370 g/mol. The summed E-state index contributed by atoms with van der Waals surface area (Å²) in [5.74, 6) is 0.668. The number of halogens is 1. The Balaban J connectivity index is 1.73. The van der Waals surface area contributed by atoms with Gasteiger partial charge in [-0.1, -0.05) is 23.7 Å². The van der Waals surface area contributed by atoms with Gasteiger partial charge >= 0.3 is 0 Å². The molecule has 0 unspecified atom stereocenters. The van der Waals surface area contributed by atoms with E-state index >= 15 is 0 Å². The van der Waals surface area contributed by atoms with Gasteiger partial charge in [0.05, 0.1) is 12.8 Å². The first-order chi connectivity index (χ1) is 12.5. The van der Waals surface area contributed by atoms with Crippen LogP contribution in [0.25, 0.3) is 0 Å². The summed E-state index contributed by atoms with van der Waals surface area (Å²) >= 11 is 5.87. The fourth-order valence-corrected chi connectivity index (χ4v) is 2.48. The van der Waals surface area contributed by atoms with Crippen molar-refractivity contribution in [3.63, 3.8) is 0 Å². The molecule has 0 atom stereocenters. The Labute approximate surface area is 154 Å². The number of nitrogens with one attached hydrogen (secondary N) is 1. The lowest BCUT2D eigenvalue weighted by Crippen LogP contribution is -2.30. The summed E-state index contributed by atoms with van der Waals surface area (Å²) in [6.45, 7) is 2.15. The third-order valence-electron chi connectivity index (χ3n) is 3.65. The van der Waals surface area contributed by atoms with Crippen LogP contribution in [0.15, 0.2) is 69.0 Å². The molecular formula is C19H16ClN3O3.